The minimum Gasteiger partial charge on any atom is -0.384 e. The van der Waals surface area contributed by atoms with Crippen molar-refractivity contribution in [3.63, 3.8) is 0 Å². The molecule has 0 radical (unpaired) electrons. The highest BCUT2D eigenvalue weighted by molar-refractivity contribution is 7.89. The van der Waals surface area contributed by atoms with Gasteiger partial charge >= 0.3 is 0 Å². The number of hydrogen-bond acceptors (Lipinski definition) is 4. The van der Waals surface area contributed by atoms with E-state index < -0.39 is 10.0 Å². The van der Waals surface area contributed by atoms with Crippen molar-refractivity contribution in [2.24, 2.45) is 5.73 Å². The zero-order chi connectivity index (χ0) is 12.1. The van der Waals surface area contributed by atoms with E-state index in [1.54, 1.807) is 0 Å². The maximum Gasteiger partial charge on any atom is 0.213 e. The Kier molecular flexibility index (Phi) is 5.17. The van der Waals surface area contributed by atoms with Crippen molar-refractivity contribution in [2.75, 3.05) is 26.0 Å². The Bertz CT molecular complexity index is 297. The van der Waals surface area contributed by atoms with E-state index in [1.165, 1.54) is 13.5 Å². The Hall–Kier alpha value is -0.170. The largest absolute Gasteiger partial charge is 0.384 e. The third-order valence-corrected chi connectivity index (χ3v) is 4.34. The van der Waals surface area contributed by atoms with Crippen molar-refractivity contribution in [3.05, 3.63) is 0 Å². The first-order valence-corrected chi connectivity index (χ1v) is 7.38. The lowest BCUT2D eigenvalue weighted by atomic mass is 9.83. The minimum absolute atomic E-state index is 0.000417. The van der Waals surface area contributed by atoms with Gasteiger partial charge in [-0.1, -0.05) is 19.3 Å². The third-order valence-electron chi connectivity index (χ3n) is 3.05. The van der Waals surface area contributed by atoms with Crippen molar-refractivity contribution in [1.29, 1.82) is 0 Å². The zero-order valence-corrected chi connectivity index (χ0v) is 10.7. The summed E-state index contributed by atoms with van der Waals surface area (Å²) in [5.41, 5.74) is 5.79. The Labute approximate surface area is 97.8 Å². The number of nitrogens with one attached hydrogen (secondary N) is 1. The number of ether oxygens (including phenoxy) is 1. The molecule has 6 heteroatoms. The normalized spacial score (nSPS) is 20.9. The summed E-state index contributed by atoms with van der Waals surface area (Å²) < 4.78 is 30.4. The Morgan fingerprint density at radius 1 is 1.31 bits per heavy atom. The van der Waals surface area contributed by atoms with Crippen LogP contribution in [0.5, 0.6) is 0 Å². The van der Waals surface area contributed by atoms with Crippen LogP contribution < -0.4 is 10.5 Å². The van der Waals surface area contributed by atoms with Crippen LogP contribution in [0.15, 0.2) is 0 Å². The Morgan fingerprint density at radius 2 is 1.94 bits per heavy atom. The highest BCUT2D eigenvalue weighted by Gasteiger charge is 2.28. The van der Waals surface area contributed by atoms with Crippen molar-refractivity contribution in [1.82, 2.24) is 4.72 Å². The van der Waals surface area contributed by atoms with Crippen LogP contribution in [0.4, 0.5) is 0 Å². The molecule has 1 fully saturated rings. The van der Waals surface area contributed by atoms with Crippen molar-refractivity contribution < 1.29 is 13.2 Å². The smallest absolute Gasteiger partial charge is 0.213 e. The van der Waals surface area contributed by atoms with Gasteiger partial charge < -0.3 is 10.5 Å². The van der Waals surface area contributed by atoms with E-state index in [1.807, 2.05) is 0 Å². The van der Waals surface area contributed by atoms with Gasteiger partial charge in [-0.2, -0.15) is 0 Å². The first-order valence-electron chi connectivity index (χ1n) is 5.73. The third kappa shape index (κ3) is 4.78. The fourth-order valence-electron chi connectivity index (χ4n) is 1.95. The fraction of sp³-hybridized carbons (Fsp3) is 1.00. The van der Waals surface area contributed by atoms with E-state index >= 15 is 0 Å². The van der Waals surface area contributed by atoms with Gasteiger partial charge in [-0.15, -0.1) is 0 Å². The topological polar surface area (TPSA) is 81.4 Å². The molecule has 0 aliphatic heterocycles. The van der Waals surface area contributed by atoms with Crippen molar-refractivity contribution in [2.45, 2.75) is 37.6 Å². The summed E-state index contributed by atoms with van der Waals surface area (Å²) >= 11 is 0. The maximum atomic E-state index is 11.5. The van der Waals surface area contributed by atoms with Crippen LogP contribution in [0.3, 0.4) is 0 Å². The fourth-order valence-corrected chi connectivity index (χ4v) is 2.99. The molecule has 0 saturated heterocycles. The second-order valence-corrected chi connectivity index (χ2v) is 6.48. The average Bonchev–Trinajstić information content (AvgIpc) is 2.25. The van der Waals surface area contributed by atoms with Crippen LogP contribution in [0.2, 0.25) is 0 Å². The maximum absolute atomic E-state index is 11.5. The second kappa shape index (κ2) is 5.95. The van der Waals surface area contributed by atoms with E-state index in [-0.39, 0.29) is 17.9 Å². The van der Waals surface area contributed by atoms with Gasteiger partial charge in [0.25, 0.3) is 0 Å². The summed E-state index contributed by atoms with van der Waals surface area (Å²) in [4.78, 5) is 0. The van der Waals surface area contributed by atoms with E-state index in [4.69, 9.17) is 10.5 Å². The van der Waals surface area contributed by atoms with E-state index in [0.29, 0.717) is 6.54 Å². The molecule has 5 nitrogen and oxygen atoms in total. The Morgan fingerprint density at radius 3 is 2.50 bits per heavy atom. The molecule has 0 aromatic carbocycles. The summed E-state index contributed by atoms with van der Waals surface area (Å²) in [6, 6.07) is 0. The van der Waals surface area contributed by atoms with E-state index in [2.05, 4.69) is 4.72 Å². The number of sulfonamides is 1. The first kappa shape index (κ1) is 13.9. The number of rotatable bonds is 6. The summed E-state index contributed by atoms with van der Waals surface area (Å²) in [5.74, 6) is -0.000417. The molecule has 0 unspecified atom stereocenters. The monoisotopic (exact) mass is 250 g/mol. The molecule has 1 saturated carbocycles. The van der Waals surface area contributed by atoms with Crippen LogP contribution in [-0.2, 0) is 14.8 Å². The molecule has 0 aromatic heterocycles. The molecular weight excluding hydrogens is 228 g/mol. The van der Waals surface area contributed by atoms with Gasteiger partial charge in [0.1, 0.15) is 0 Å². The van der Waals surface area contributed by atoms with Crippen LogP contribution in [0.1, 0.15) is 32.1 Å². The standard InChI is InChI=1S/C10H22N2O3S/c1-15-7-8-16(13,14)12-9-10(11)5-3-2-4-6-10/h12H,2-9,11H2,1H3. The van der Waals surface area contributed by atoms with Gasteiger partial charge in [0.05, 0.1) is 12.4 Å². The zero-order valence-electron chi connectivity index (χ0n) is 9.87. The molecule has 0 spiro atoms. The predicted octanol–water partition coefficient (Wildman–Crippen LogP) is 0.214. The van der Waals surface area contributed by atoms with Crippen molar-refractivity contribution in [3.8, 4) is 0 Å². The lowest BCUT2D eigenvalue weighted by Crippen LogP contribution is -2.51. The molecule has 0 amide bonds. The number of hydrogen-bond donors (Lipinski definition) is 2. The van der Waals surface area contributed by atoms with Gasteiger partial charge in [-0.3, -0.25) is 0 Å². The molecular formula is C10H22N2O3S. The van der Waals surface area contributed by atoms with Gasteiger partial charge in [0.2, 0.25) is 10.0 Å². The molecule has 16 heavy (non-hydrogen) atoms. The summed E-state index contributed by atoms with van der Waals surface area (Å²) in [6.07, 6.45) is 5.20. The molecule has 3 N–H and O–H groups in total. The molecule has 0 heterocycles. The van der Waals surface area contributed by atoms with Crippen LogP contribution in [0, 0.1) is 0 Å². The average molecular weight is 250 g/mol. The van der Waals surface area contributed by atoms with E-state index in [9.17, 15) is 8.42 Å². The lowest BCUT2D eigenvalue weighted by Gasteiger charge is -2.33. The molecule has 1 aliphatic rings. The highest BCUT2D eigenvalue weighted by atomic mass is 32.2. The quantitative estimate of drug-likeness (QED) is 0.706. The minimum atomic E-state index is -3.24. The molecule has 1 aliphatic carbocycles. The molecule has 96 valence electrons. The summed E-state index contributed by atoms with van der Waals surface area (Å²) in [5, 5.41) is 0. The lowest BCUT2D eigenvalue weighted by molar-refractivity contribution is 0.216. The van der Waals surface area contributed by atoms with Gasteiger partial charge in [0.15, 0.2) is 0 Å². The van der Waals surface area contributed by atoms with Crippen LogP contribution in [0.25, 0.3) is 0 Å². The van der Waals surface area contributed by atoms with Crippen LogP contribution >= 0.6 is 0 Å². The summed E-state index contributed by atoms with van der Waals surface area (Å²) in [6.45, 7) is 0.561. The number of nitrogens with two attached hydrogens (primary N) is 1. The second-order valence-electron chi connectivity index (χ2n) is 4.56. The van der Waals surface area contributed by atoms with Gasteiger partial charge in [0, 0.05) is 19.2 Å². The van der Waals surface area contributed by atoms with Gasteiger partial charge in [-0.05, 0) is 12.8 Å². The molecule has 0 bridgehead atoms. The SMILES string of the molecule is COCCS(=O)(=O)NCC1(N)CCCCC1. The summed E-state index contributed by atoms with van der Waals surface area (Å²) in [7, 11) is -1.75. The van der Waals surface area contributed by atoms with Crippen LogP contribution in [-0.4, -0.2) is 40.0 Å². The van der Waals surface area contributed by atoms with Crippen molar-refractivity contribution >= 4 is 10.0 Å². The Balaban J connectivity index is 2.37. The predicted molar refractivity (Wildman–Crippen MR) is 63.7 cm³/mol. The number of methoxy groups -OCH3 is 1. The first-order chi connectivity index (χ1) is 7.47. The highest BCUT2D eigenvalue weighted by Crippen LogP contribution is 2.25. The molecule has 0 atom stereocenters. The molecule has 0 aromatic rings. The van der Waals surface area contributed by atoms with E-state index in [0.717, 1.165) is 25.7 Å². The van der Waals surface area contributed by atoms with Gasteiger partial charge in [-0.25, -0.2) is 13.1 Å². The molecule has 1 rings (SSSR count).